The summed E-state index contributed by atoms with van der Waals surface area (Å²) in [5.74, 6) is 0.167. The molecular weight excluding hydrogens is 188 g/mol. The zero-order chi connectivity index (χ0) is 10.3. The molecule has 0 aliphatic carbocycles. The molecule has 0 aromatic rings. The lowest BCUT2D eigenvalue weighted by Crippen LogP contribution is -2.11. The van der Waals surface area contributed by atoms with E-state index in [4.69, 9.17) is 9.84 Å². The fourth-order valence-electron chi connectivity index (χ4n) is 0.588. The van der Waals surface area contributed by atoms with Crippen molar-refractivity contribution in [1.82, 2.24) is 0 Å². The molecule has 0 fully saturated rings. The highest BCUT2D eigenvalue weighted by Crippen LogP contribution is 2.13. The lowest BCUT2D eigenvalue weighted by Gasteiger charge is -2.08. The zero-order valence-corrected chi connectivity index (χ0v) is 8.89. The predicted octanol–water partition coefficient (Wildman–Crippen LogP) is 1.22. The summed E-state index contributed by atoms with van der Waals surface area (Å²) in [6.07, 6.45) is 0. The van der Waals surface area contributed by atoms with Crippen LogP contribution in [0.4, 0.5) is 0 Å². The van der Waals surface area contributed by atoms with Crippen molar-refractivity contribution in [3.8, 4) is 0 Å². The van der Waals surface area contributed by atoms with Gasteiger partial charge in [-0.3, -0.25) is 0 Å². The summed E-state index contributed by atoms with van der Waals surface area (Å²) < 4.78 is 4.76. The Bertz CT molecular complexity index is 180. The number of ether oxygens (including phenoxy) is 1. The van der Waals surface area contributed by atoms with Gasteiger partial charge in [0.05, 0.1) is 13.2 Å². The first-order valence-electron chi connectivity index (χ1n) is 4.19. The molecular formula is C9H16O3S. The maximum Gasteiger partial charge on any atom is 0.334 e. The Kier molecular flexibility index (Phi) is 6.72. The number of carbonyl (C=O) groups is 1. The van der Waals surface area contributed by atoms with Gasteiger partial charge in [0.15, 0.2) is 0 Å². The quantitative estimate of drug-likeness (QED) is 0.522. The molecule has 0 spiro atoms. The lowest BCUT2D eigenvalue weighted by atomic mass is 10.4. The SMILES string of the molecule is C=C(CSC(C)CO)C(=O)OCC. The third kappa shape index (κ3) is 5.71. The average Bonchev–Trinajstić information content (AvgIpc) is 2.13. The van der Waals surface area contributed by atoms with Crippen LogP contribution in [0.1, 0.15) is 13.8 Å². The maximum absolute atomic E-state index is 11.0. The Balaban J connectivity index is 3.68. The lowest BCUT2D eigenvalue weighted by molar-refractivity contribution is -0.138. The van der Waals surface area contributed by atoms with Crippen molar-refractivity contribution in [2.45, 2.75) is 19.1 Å². The second-order valence-corrected chi connectivity index (χ2v) is 4.05. The zero-order valence-electron chi connectivity index (χ0n) is 8.08. The molecule has 0 rings (SSSR count). The first kappa shape index (κ1) is 12.5. The van der Waals surface area contributed by atoms with Crippen molar-refractivity contribution >= 4 is 17.7 Å². The van der Waals surface area contributed by atoms with Crippen molar-refractivity contribution in [2.24, 2.45) is 0 Å². The number of thioether (sulfide) groups is 1. The third-order valence-electron chi connectivity index (χ3n) is 1.36. The van der Waals surface area contributed by atoms with E-state index in [-0.39, 0.29) is 17.8 Å². The van der Waals surface area contributed by atoms with Gasteiger partial charge in [0, 0.05) is 16.6 Å². The van der Waals surface area contributed by atoms with E-state index in [1.54, 1.807) is 6.92 Å². The second kappa shape index (κ2) is 6.97. The summed E-state index contributed by atoms with van der Waals surface area (Å²) in [6.45, 7) is 7.74. The van der Waals surface area contributed by atoms with Gasteiger partial charge in [-0.05, 0) is 6.92 Å². The Hall–Kier alpha value is -0.480. The maximum atomic E-state index is 11.0. The van der Waals surface area contributed by atoms with Gasteiger partial charge in [-0.15, -0.1) is 0 Å². The molecule has 0 aromatic heterocycles. The summed E-state index contributed by atoms with van der Waals surface area (Å²) in [5.41, 5.74) is 0.451. The average molecular weight is 204 g/mol. The van der Waals surface area contributed by atoms with Crippen LogP contribution in [-0.2, 0) is 9.53 Å². The molecule has 0 heterocycles. The summed E-state index contributed by atoms with van der Waals surface area (Å²) in [4.78, 5) is 11.0. The fraction of sp³-hybridized carbons (Fsp3) is 0.667. The number of aliphatic hydroxyl groups excluding tert-OH is 1. The molecule has 0 aromatic carbocycles. The molecule has 0 saturated heterocycles. The molecule has 76 valence electrons. The van der Waals surface area contributed by atoms with Crippen LogP contribution in [0.15, 0.2) is 12.2 Å². The summed E-state index contributed by atoms with van der Waals surface area (Å²) in [6, 6.07) is 0. The number of rotatable bonds is 6. The first-order valence-corrected chi connectivity index (χ1v) is 5.24. The highest BCUT2D eigenvalue weighted by atomic mass is 32.2. The summed E-state index contributed by atoms with van der Waals surface area (Å²) in [5, 5.41) is 8.85. The first-order chi connectivity index (χ1) is 6.11. The van der Waals surface area contributed by atoms with Crippen LogP contribution in [0, 0.1) is 0 Å². The topological polar surface area (TPSA) is 46.5 Å². The van der Waals surface area contributed by atoms with E-state index >= 15 is 0 Å². The largest absolute Gasteiger partial charge is 0.463 e. The van der Waals surface area contributed by atoms with Crippen LogP contribution >= 0.6 is 11.8 Å². The summed E-state index contributed by atoms with van der Waals surface area (Å²) in [7, 11) is 0. The standard InChI is InChI=1S/C9H16O3S/c1-4-12-9(11)7(2)6-13-8(3)5-10/h8,10H,2,4-6H2,1,3H3. The van der Waals surface area contributed by atoms with Crippen LogP contribution < -0.4 is 0 Å². The predicted molar refractivity (Wildman–Crippen MR) is 54.8 cm³/mol. The van der Waals surface area contributed by atoms with Gasteiger partial charge in [0.25, 0.3) is 0 Å². The van der Waals surface area contributed by atoms with E-state index in [0.717, 1.165) is 0 Å². The van der Waals surface area contributed by atoms with E-state index in [0.29, 0.717) is 17.9 Å². The number of carbonyl (C=O) groups excluding carboxylic acids is 1. The van der Waals surface area contributed by atoms with E-state index < -0.39 is 0 Å². The molecule has 0 bridgehead atoms. The molecule has 0 radical (unpaired) electrons. The Morgan fingerprint density at radius 1 is 1.69 bits per heavy atom. The van der Waals surface area contributed by atoms with Crippen molar-refractivity contribution in [3.05, 3.63) is 12.2 Å². The number of hydrogen-bond acceptors (Lipinski definition) is 4. The minimum atomic E-state index is -0.347. The van der Waals surface area contributed by atoms with Gasteiger partial charge in [0.1, 0.15) is 0 Å². The van der Waals surface area contributed by atoms with Crippen LogP contribution in [0.5, 0.6) is 0 Å². The molecule has 1 unspecified atom stereocenters. The van der Waals surface area contributed by atoms with Gasteiger partial charge >= 0.3 is 5.97 Å². The highest BCUT2D eigenvalue weighted by molar-refractivity contribution is 8.00. The van der Waals surface area contributed by atoms with Crippen molar-refractivity contribution in [1.29, 1.82) is 0 Å². The Morgan fingerprint density at radius 3 is 2.77 bits per heavy atom. The Labute approximate surface area is 83.2 Å². The normalized spacial score (nSPS) is 12.2. The van der Waals surface area contributed by atoms with Crippen LogP contribution in [0.25, 0.3) is 0 Å². The van der Waals surface area contributed by atoms with Crippen molar-refractivity contribution in [3.63, 3.8) is 0 Å². The minimum absolute atomic E-state index is 0.112. The smallest absolute Gasteiger partial charge is 0.334 e. The van der Waals surface area contributed by atoms with Crippen LogP contribution in [0.2, 0.25) is 0 Å². The molecule has 1 N–H and O–H groups in total. The summed E-state index contributed by atoms with van der Waals surface area (Å²) >= 11 is 1.49. The molecule has 0 saturated carbocycles. The van der Waals surface area contributed by atoms with Crippen LogP contribution in [0.3, 0.4) is 0 Å². The van der Waals surface area contributed by atoms with E-state index in [2.05, 4.69) is 6.58 Å². The van der Waals surface area contributed by atoms with Gasteiger partial charge < -0.3 is 9.84 Å². The van der Waals surface area contributed by atoms with Gasteiger partial charge in [-0.2, -0.15) is 11.8 Å². The fourth-order valence-corrected chi connectivity index (χ4v) is 1.30. The van der Waals surface area contributed by atoms with Gasteiger partial charge in [-0.1, -0.05) is 13.5 Å². The molecule has 0 aliphatic rings. The van der Waals surface area contributed by atoms with Crippen LogP contribution in [-0.4, -0.2) is 35.3 Å². The monoisotopic (exact) mass is 204 g/mol. The molecule has 3 nitrogen and oxygen atoms in total. The number of esters is 1. The minimum Gasteiger partial charge on any atom is -0.463 e. The van der Waals surface area contributed by atoms with Gasteiger partial charge in [0.2, 0.25) is 0 Å². The Morgan fingerprint density at radius 2 is 2.31 bits per heavy atom. The van der Waals surface area contributed by atoms with E-state index in [9.17, 15) is 4.79 Å². The van der Waals surface area contributed by atoms with Crippen molar-refractivity contribution < 1.29 is 14.6 Å². The van der Waals surface area contributed by atoms with Gasteiger partial charge in [-0.25, -0.2) is 4.79 Å². The van der Waals surface area contributed by atoms with E-state index in [1.165, 1.54) is 11.8 Å². The molecule has 4 heteroatoms. The molecule has 1 atom stereocenters. The number of aliphatic hydroxyl groups is 1. The molecule has 0 aliphatic heterocycles. The highest BCUT2D eigenvalue weighted by Gasteiger charge is 2.09. The molecule has 13 heavy (non-hydrogen) atoms. The number of hydrogen-bond donors (Lipinski definition) is 1. The van der Waals surface area contributed by atoms with Crippen molar-refractivity contribution in [2.75, 3.05) is 19.0 Å². The second-order valence-electron chi connectivity index (χ2n) is 2.63. The van der Waals surface area contributed by atoms with E-state index in [1.807, 2.05) is 6.92 Å². The third-order valence-corrected chi connectivity index (χ3v) is 2.60. The molecule has 0 amide bonds.